The van der Waals surface area contributed by atoms with E-state index in [1.165, 1.54) is 7.05 Å². The molecule has 7 nitrogen and oxygen atoms in total. The Balaban J connectivity index is 2.79. The molecule has 0 aromatic carbocycles. The highest BCUT2D eigenvalue weighted by Crippen LogP contribution is 2.13. The van der Waals surface area contributed by atoms with Gasteiger partial charge in [-0.3, -0.25) is 14.5 Å². The van der Waals surface area contributed by atoms with Gasteiger partial charge >= 0.3 is 0 Å². The summed E-state index contributed by atoms with van der Waals surface area (Å²) < 4.78 is 25.9. The van der Waals surface area contributed by atoms with Crippen molar-refractivity contribution >= 4 is 21.8 Å². The molecule has 8 heteroatoms. The Morgan fingerprint density at radius 2 is 2.12 bits per heavy atom. The third-order valence-corrected chi connectivity index (χ3v) is 4.86. The van der Waals surface area contributed by atoms with Crippen LogP contribution in [0, 0.1) is 0 Å². The van der Waals surface area contributed by atoms with Gasteiger partial charge in [-0.05, 0) is 6.42 Å². The fourth-order valence-electron chi connectivity index (χ4n) is 1.65. The lowest BCUT2D eigenvalue weighted by Crippen LogP contribution is -2.46. The number of nitrogens with one attached hydrogen (secondary N) is 1. The molecule has 0 aromatic rings. The molecule has 0 saturated carbocycles. The predicted octanol–water partition coefficient (Wildman–Crippen LogP) is -1.60. The van der Waals surface area contributed by atoms with Crippen LogP contribution in [0.4, 0.5) is 0 Å². The molecule has 0 radical (unpaired) electrons. The van der Waals surface area contributed by atoms with E-state index in [1.54, 1.807) is 6.92 Å². The van der Waals surface area contributed by atoms with E-state index in [0.717, 1.165) is 4.90 Å². The number of imide groups is 1. The van der Waals surface area contributed by atoms with Crippen molar-refractivity contribution in [3.8, 4) is 0 Å². The quantitative estimate of drug-likeness (QED) is 0.581. The van der Waals surface area contributed by atoms with Crippen LogP contribution in [-0.2, 0) is 19.6 Å². The fourth-order valence-corrected chi connectivity index (χ4v) is 3.12. The molecule has 1 aliphatic heterocycles. The van der Waals surface area contributed by atoms with E-state index in [1.807, 2.05) is 0 Å². The Kier molecular flexibility index (Phi) is 4.23. The summed E-state index contributed by atoms with van der Waals surface area (Å²) >= 11 is 0. The SMILES string of the molecule is CCC(CN)S(=O)(=O)NC1CC(=O)N(C)C1=O. The van der Waals surface area contributed by atoms with Crippen LogP contribution in [0.15, 0.2) is 0 Å². The first kappa shape index (κ1) is 14.1. The minimum Gasteiger partial charge on any atom is -0.329 e. The first-order valence-corrected chi connectivity index (χ1v) is 6.89. The minimum absolute atomic E-state index is 0.0173. The van der Waals surface area contributed by atoms with Crippen LogP contribution in [-0.4, -0.2) is 50.0 Å². The van der Waals surface area contributed by atoms with Gasteiger partial charge < -0.3 is 5.73 Å². The summed E-state index contributed by atoms with van der Waals surface area (Å²) in [4.78, 5) is 23.7. The third-order valence-electron chi connectivity index (χ3n) is 2.85. The summed E-state index contributed by atoms with van der Waals surface area (Å²) in [5, 5.41) is -0.740. The van der Waals surface area contributed by atoms with E-state index in [2.05, 4.69) is 4.72 Å². The van der Waals surface area contributed by atoms with Gasteiger partial charge in [-0.15, -0.1) is 0 Å². The van der Waals surface area contributed by atoms with Gasteiger partial charge in [0.1, 0.15) is 6.04 Å². The van der Waals surface area contributed by atoms with Crippen molar-refractivity contribution in [3.63, 3.8) is 0 Å². The number of carbonyl (C=O) groups excluding carboxylic acids is 2. The molecule has 0 aliphatic carbocycles. The van der Waals surface area contributed by atoms with Crippen LogP contribution in [0.3, 0.4) is 0 Å². The summed E-state index contributed by atoms with van der Waals surface area (Å²) in [7, 11) is -2.33. The van der Waals surface area contributed by atoms with Crippen LogP contribution >= 0.6 is 0 Å². The Bertz CT molecular complexity index is 416. The molecule has 3 N–H and O–H groups in total. The lowest BCUT2D eigenvalue weighted by atomic mass is 10.3. The lowest BCUT2D eigenvalue weighted by Gasteiger charge is -2.17. The van der Waals surface area contributed by atoms with E-state index in [-0.39, 0.29) is 18.9 Å². The molecule has 0 aromatic heterocycles. The van der Waals surface area contributed by atoms with Gasteiger partial charge in [0, 0.05) is 13.6 Å². The molecule has 17 heavy (non-hydrogen) atoms. The number of hydrogen-bond donors (Lipinski definition) is 2. The van der Waals surface area contributed by atoms with Crippen LogP contribution < -0.4 is 10.5 Å². The van der Waals surface area contributed by atoms with Gasteiger partial charge in [-0.1, -0.05) is 6.92 Å². The number of amides is 2. The molecular weight excluding hydrogens is 246 g/mol. The van der Waals surface area contributed by atoms with Gasteiger partial charge in [0.05, 0.1) is 11.7 Å². The third kappa shape index (κ3) is 2.82. The molecule has 1 saturated heterocycles. The average molecular weight is 263 g/mol. The zero-order chi connectivity index (χ0) is 13.2. The molecule has 1 aliphatic rings. The second kappa shape index (κ2) is 5.11. The zero-order valence-electron chi connectivity index (χ0n) is 9.84. The Hall–Kier alpha value is -0.990. The molecular formula is C9H17N3O4S. The van der Waals surface area contributed by atoms with E-state index < -0.39 is 27.2 Å². The molecule has 1 heterocycles. The summed E-state index contributed by atoms with van der Waals surface area (Å²) in [6, 6.07) is -0.988. The highest BCUT2D eigenvalue weighted by molar-refractivity contribution is 7.90. The van der Waals surface area contributed by atoms with Crippen LogP contribution in [0.2, 0.25) is 0 Å². The number of sulfonamides is 1. The van der Waals surface area contributed by atoms with Crippen molar-refractivity contribution in [2.24, 2.45) is 5.73 Å². The minimum atomic E-state index is -3.66. The average Bonchev–Trinajstić information content (AvgIpc) is 2.47. The van der Waals surface area contributed by atoms with Gasteiger partial charge in [0.25, 0.3) is 0 Å². The second-order valence-corrected chi connectivity index (χ2v) is 5.97. The molecule has 98 valence electrons. The zero-order valence-corrected chi connectivity index (χ0v) is 10.7. The Morgan fingerprint density at radius 3 is 2.47 bits per heavy atom. The smallest absolute Gasteiger partial charge is 0.247 e. The highest BCUT2D eigenvalue weighted by Gasteiger charge is 2.39. The number of nitrogens with two attached hydrogens (primary N) is 1. The van der Waals surface area contributed by atoms with Crippen LogP contribution in [0.5, 0.6) is 0 Å². The topological polar surface area (TPSA) is 110 Å². The summed E-state index contributed by atoms with van der Waals surface area (Å²) in [5.74, 6) is -0.908. The van der Waals surface area contributed by atoms with Crippen molar-refractivity contribution in [2.45, 2.75) is 31.1 Å². The molecule has 0 spiro atoms. The van der Waals surface area contributed by atoms with E-state index in [0.29, 0.717) is 6.42 Å². The Labute approximate surface area is 100 Å². The normalized spacial score (nSPS) is 23.2. The fraction of sp³-hybridized carbons (Fsp3) is 0.778. The largest absolute Gasteiger partial charge is 0.329 e. The Morgan fingerprint density at radius 1 is 1.53 bits per heavy atom. The number of likely N-dealkylation sites (N-methyl/N-ethyl adjacent to an activating group) is 1. The summed E-state index contributed by atoms with van der Waals surface area (Å²) in [6.07, 6.45) is 0.228. The maximum absolute atomic E-state index is 11.8. The summed E-state index contributed by atoms with van der Waals surface area (Å²) in [5.41, 5.74) is 5.35. The molecule has 2 unspecified atom stereocenters. The number of nitrogens with zero attached hydrogens (tertiary/aromatic N) is 1. The highest BCUT2D eigenvalue weighted by atomic mass is 32.2. The van der Waals surface area contributed by atoms with E-state index in [4.69, 9.17) is 5.73 Å². The van der Waals surface area contributed by atoms with Gasteiger partial charge in [0.15, 0.2) is 0 Å². The predicted molar refractivity (Wildman–Crippen MR) is 61.4 cm³/mol. The second-order valence-electron chi connectivity index (χ2n) is 3.98. The molecule has 0 bridgehead atoms. The van der Waals surface area contributed by atoms with E-state index in [9.17, 15) is 18.0 Å². The molecule has 2 atom stereocenters. The van der Waals surface area contributed by atoms with Gasteiger partial charge in [-0.2, -0.15) is 0 Å². The summed E-state index contributed by atoms with van der Waals surface area (Å²) in [6.45, 7) is 1.68. The molecule has 1 rings (SSSR count). The lowest BCUT2D eigenvalue weighted by molar-refractivity contribution is -0.137. The van der Waals surface area contributed by atoms with Crippen LogP contribution in [0.25, 0.3) is 0 Å². The van der Waals surface area contributed by atoms with Crippen molar-refractivity contribution in [2.75, 3.05) is 13.6 Å². The van der Waals surface area contributed by atoms with Crippen molar-refractivity contribution < 1.29 is 18.0 Å². The van der Waals surface area contributed by atoms with Crippen LogP contribution in [0.1, 0.15) is 19.8 Å². The van der Waals surface area contributed by atoms with Gasteiger partial charge in [-0.25, -0.2) is 13.1 Å². The maximum atomic E-state index is 11.8. The molecule has 1 fully saturated rings. The number of hydrogen-bond acceptors (Lipinski definition) is 5. The van der Waals surface area contributed by atoms with Crippen molar-refractivity contribution in [1.82, 2.24) is 9.62 Å². The number of carbonyl (C=O) groups is 2. The van der Waals surface area contributed by atoms with Crippen molar-refractivity contribution in [1.29, 1.82) is 0 Å². The number of likely N-dealkylation sites (tertiary alicyclic amines) is 1. The number of rotatable bonds is 5. The van der Waals surface area contributed by atoms with Crippen molar-refractivity contribution in [3.05, 3.63) is 0 Å². The monoisotopic (exact) mass is 263 g/mol. The first-order chi connectivity index (χ1) is 7.83. The van der Waals surface area contributed by atoms with E-state index >= 15 is 0 Å². The maximum Gasteiger partial charge on any atom is 0.247 e. The first-order valence-electron chi connectivity index (χ1n) is 5.35. The van der Waals surface area contributed by atoms with Gasteiger partial charge in [0.2, 0.25) is 21.8 Å². The standard InChI is InChI=1S/C9H17N3O4S/c1-3-6(5-10)17(15,16)11-7-4-8(13)12(2)9(7)14/h6-7,11H,3-5,10H2,1-2H3. The molecule has 2 amide bonds.